The van der Waals surface area contributed by atoms with Gasteiger partial charge in [0.25, 0.3) is 0 Å². The van der Waals surface area contributed by atoms with Crippen molar-refractivity contribution < 1.29 is 4.74 Å². The second kappa shape index (κ2) is 7.49. The summed E-state index contributed by atoms with van der Waals surface area (Å²) in [7, 11) is 0. The van der Waals surface area contributed by atoms with E-state index in [9.17, 15) is 0 Å². The molecule has 2 nitrogen and oxygen atoms in total. The van der Waals surface area contributed by atoms with Gasteiger partial charge in [0.2, 0.25) is 0 Å². The van der Waals surface area contributed by atoms with Gasteiger partial charge in [-0.05, 0) is 62.3 Å². The SMILES string of the molecule is NC(CCC1CCCCO1)Cc1cc(Cl)ccc1Cl. The van der Waals surface area contributed by atoms with Crippen LogP contribution in [-0.4, -0.2) is 18.8 Å². The monoisotopic (exact) mass is 301 g/mol. The Morgan fingerprint density at radius 2 is 2.16 bits per heavy atom. The van der Waals surface area contributed by atoms with Crippen LogP contribution in [-0.2, 0) is 11.2 Å². The molecule has 1 saturated heterocycles. The molecule has 0 spiro atoms. The molecule has 0 aliphatic carbocycles. The van der Waals surface area contributed by atoms with Crippen LogP contribution in [0.1, 0.15) is 37.7 Å². The third-order valence-electron chi connectivity index (χ3n) is 3.62. The normalized spacial score (nSPS) is 21.3. The number of rotatable bonds is 5. The third kappa shape index (κ3) is 4.96. The van der Waals surface area contributed by atoms with E-state index in [0.29, 0.717) is 11.1 Å². The largest absolute Gasteiger partial charge is 0.378 e. The molecule has 2 N–H and O–H groups in total. The zero-order chi connectivity index (χ0) is 13.7. The number of hydrogen-bond donors (Lipinski definition) is 1. The predicted molar refractivity (Wildman–Crippen MR) is 81.0 cm³/mol. The average molecular weight is 302 g/mol. The molecule has 0 saturated carbocycles. The highest BCUT2D eigenvalue weighted by Gasteiger charge is 2.16. The maximum Gasteiger partial charge on any atom is 0.0575 e. The van der Waals surface area contributed by atoms with E-state index >= 15 is 0 Å². The van der Waals surface area contributed by atoms with E-state index in [1.54, 1.807) is 6.07 Å². The van der Waals surface area contributed by atoms with Crippen molar-refractivity contribution in [1.82, 2.24) is 0 Å². The molecule has 1 aromatic rings. The van der Waals surface area contributed by atoms with E-state index in [1.807, 2.05) is 12.1 Å². The first kappa shape index (κ1) is 15.1. The molecule has 0 amide bonds. The molecular formula is C15H21Cl2NO. The summed E-state index contributed by atoms with van der Waals surface area (Å²) in [6.45, 7) is 0.903. The van der Waals surface area contributed by atoms with Gasteiger partial charge in [0.1, 0.15) is 0 Å². The van der Waals surface area contributed by atoms with Crippen LogP contribution in [0.2, 0.25) is 10.0 Å². The van der Waals surface area contributed by atoms with Gasteiger partial charge >= 0.3 is 0 Å². The summed E-state index contributed by atoms with van der Waals surface area (Å²) >= 11 is 12.1. The van der Waals surface area contributed by atoms with Crippen molar-refractivity contribution in [3.05, 3.63) is 33.8 Å². The fraction of sp³-hybridized carbons (Fsp3) is 0.600. The predicted octanol–water partition coefficient (Wildman–Crippen LogP) is 4.21. The Labute approximate surface area is 125 Å². The lowest BCUT2D eigenvalue weighted by molar-refractivity contribution is 0.00916. The lowest BCUT2D eigenvalue weighted by atomic mass is 9.98. The van der Waals surface area contributed by atoms with Crippen LogP contribution in [0.5, 0.6) is 0 Å². The highest BCUT2D eigenvalue weighted by atomic mass is 35.5. The zero-order valence-electron chi connectivity index (χ0n) is 11.1. The molecule has 2 unspecified atom stereocenters. The average Bonchev–Trinajstić information content (AvgIpc) is 2.42. The van der Waals surface area contributed by atoms with E-state index in [-0.39, 0.29) is 6.04 Å². The van der Waals surface area contributed by atoms with Crippen LogP contribution in [0.25, 0.3) is 0 Å². The van der Waals surface area contributed by atoms with Gasteiger partial charge in [-0.25, -0.2) is 0 Å². The number of hydrogen-bond acceptors (Lipinski definition) is 2. The van der Waals surface area contributed by atoms with Crippen molar-refractivity contribution in [2.45, 2.75) is 50.7 Å². The fourth-order valence-corrected chi connectivity index (χ4v) is 2.91. The van der Waals surface area contributed by atoms with Crippen LogP contribution < -0.4 is 5.73 Å². The van der Waals surface area contributed by atoms with Gasteiger partial charge in [-0.2, -0.15) is 0 Å². The van der Waals surface area contributed by atoms with E-state index in [4.69, 9.17) is 33.7 Å². The van der Waals surface area contributed by atoms with Gasteiger partial charge in [0, 0.05) is 22.7 Å². The van der Waals surface area contributed by atoms with Gasteiger partial charge in [-0.1, -0.05) is 23.2 Å². The summed E-state index contributed by atoms with van der Waals surface area (Å²) in [5, 5.41) is 1.45. The lowest BCUT2D eigenvalue weighted by Gasteiger charge is -2.23. The fourth-order valence-electron chi connectivity index (χ4n) is 2.52. The first-order valence-corrected chi connectivity index (χ1v) is 7.72. The first-order valence-electron chi connectivity index (χ1n) is 6.96. The molecule has 4 heteroatoms. The molecule has 1 aliphatic rings. The Kier molecular flexibility index (Phi) is 5.96. The summed E-state index contributed by atoms with van der Waals surface area (Å²) in [4.78, 5) is 0. The van der Waals surface area contributed by atoms with Crippen LogP contribution in [0, 0.1) is 0 Å². The molecule has 1 fully saturated rings. The minimum Gasteiger partial charge on any atom is -0.378 e. The molecule has 0 aromatic heterocycles. The van der Waals surface area contributed by atoms with Crippen LogP contribution in [0.4, 0.5) is 0 Å². The van der Waals surface area contributed by atoms with Crippen LogP contribution in [0.3, 0.4) is 0 Å². The summed E-state index contributed by atoms with van der Waals surface area (Å²) in [5.74, 6) is 0. The Bertz CT molecular complexity index is 405. The van der Waals surface area contributed by atoms with Crippen LogP contribution in [0.15, 0.2) is 18.2 Å². The highest BCUT2D eigenvalue weighted by molar-refractivity contribution is 6.33. The highest BCUT2D eigenvalue weighted by Crippen LogP contribution is 2.23. The maximum absolute atomic E-state index is 6.18. The Hall–Kier alpha value is -0.280. The minimum atomic E-state index is 0.112. The standard InChI is InChI=1S/C15H21Cl2NO/c16-12-4-7-15(17)11(9-12)10-13(18)5-6-14-3-1-2-8-19-14/h4,7,9,13-14H,1-3,5-6,8,10,18H2. The van der Waals surface area contributed by atoms with Gasteiger partial charge in [0.05, 0.1) is 6.10 Å². The summed E-state index contributed by atoms with van der Waals surface area (Å²) < 4.78 is 5.72. The molecule has 106 valence electrons. The minimum absolute atomic E-state index is 0.112. The van der Waals surface area contributed by atoms with Crippen molar-refractivity contribution in [3.63, 3.8) is 0 Å². The Morgan fingerprint density at radius 3 is 2.89 bits per heavy atom. The number of benzene rings is 1. The second-order valence-corrected chi connectivity index (χ2v) is 6.11. The van der Waals surface area contributed by atoms with E-state index in [1.165, 1.54) is 19.3 Å². The van der Waals surface area contributed by atoms with Gasteiger partial charge < -0.3 is 10.5 Å². The molecule has 1 aromatic carbocycles. The molecule has 0 bridgehead atoms. The van der Waals surface area contributed by atoms with Gasteiger partial charge in [0.15, 0.2) is 0 Å². The molecule has 19 heavy (non-hydrogen) atoms. The zero-order valence-corrected chi connectivity index (χ0v) is 12.6. The van der Waals surface area contributed by atoms with Gasteiger partial charge in [-0.3, -0.25) is 0 Å². The Morgan fingerprint density at radius 1 is 1.32 bits per heavy atom. The molecule has 0 radical (unpaired) electrons. The van der Waals surface area contributed by atoms with Crippen molar-refractivity contribution in [3.8, 4) is 0 Å². The first-order chi connectivity index (χ1) is 9.15. The number of halogens is 2. The molecule has 2 atom stereocenters. The van der Waals surface area contributed by atoms with Crippen molar-refractivity contribution >= 4 is 23.2 Å². The lowest BCUT2D eigenvalue weighted by Crippen LogP contribution is -2.27. The Balaban J connectivity index is 1.80. The molecule has 1 heterocycles. The summed E-state index contributed by atoms with van der Waals surface area (Å²) in [6.07, 6.45) is 6.82. The van der Waals surface area contributed by atoms with E-state index in [0.717, 1.165) is 36.5 Å². The van der Waals surface area contributed by atoms with Crippen LogP contribution >= 0.6 is 23.2 Å². The van der Waals surface area contributed by atoms with Crippen molar-refractivity contribution in [1.29, 1.82) is 0 Å². The number of nitrogens with two attached hydrogens (primary N) is 1. The smallest absolute Gasteiger partial charge is 0.0575 e. The second-order valence-electron chi connectivity index (χ2n) is 5.27. The van der Waals surface area contributed by atoms with Crippen molar-refractivity contribution in [2.24, 2.45) is 5.73 Å². The van der Waals surface area contributed by atoms with E-state index < -0.39 is 0 Å². The van der Waals surface area contributed by atoms with E-state index in [2.05, 4.69) is 0 Å². The molecular weight excluding hydrogens is 281 g/mol. The third-order valence-corrected chi connectivity index (χ3v) is 4.23. The molecule has 1 aliphatic heterocycles. The van der Waals surface area contributed by atoms with Crippen molar-refractivity contribution in [2.75, 3.05) is 6.61 Å². The maximum atomic E-state index is 6.18. The number of ether oxygens (including phenoxy) is 1. The quantitative estimate of drug-likeness (QED) is 0.884. The molecule has 2 rings (SSSR count). The summed E-state index contributed by atoms with van der Waals surface area (Å²) in [6, 6.07) is 5.65. The van der Waals surface area contributed by atoms with Gasteiger partial charge in [-0.15, -0.1) is 0 Å². The summed E-state index contributed by atoms with van der Waals surface area (Å²) in [5.41, 5.74) is 7.22. The topological polar surface area (TPSA) is 35.2 Å².